The molecule has 27 heavy (non-hydrogen) atoms. The topological polar surface area (TPSA) is 63.3 Å². The Hall–Kier alpha value is -1.09. The molecule has 1 unspecified atom stereocenters. The lowest BCUT2D eigenvalue weighted by atomic mass is 9.88. The molecule has 0 bridgehead atoms. The maximum Gasteiger partial charge on any atom is 0.323 e. The Kier molecular flexibility index (Phi) is 17.5. The highest BCUT2D eigenvalue weighted by Crippen LogP contribution is 2.20. The van der Waals surface area contributed by atoms with E-state index in [9.17, 15) is 9.90 Å². The molecule has 3 nitrogen and oxygen atoms in total. The van der Waals surface area contributed by atoms with Crippen molar-refractivity contribution >= 4 is 5.97 Å². The Morgan fingerprint density at radius 1 is 0.741 bits per heavy atom. The van der Waals surface area contributed by atoms with Crippen LogP contribution in [0.2, 0.25) is 0 Å². The number of carboxylic acids is 1. The second kappa shape index (κ2) is 18.3. The lowest BCUT2D eigenvalue weighted by Crippen LogP contribution is -2.47. The Morgan fingerprint density at radius 2 is 1.22 bits per heavy atom. The van der Waals surface area contributed by atoms with E-state index >= 15 is 0 Å². The van der Waals surface area contributed by atoms with E-state index in [1.54, 1.807) is 0 Å². The summed E-state index contributed by atoms with van der Waals surface area (Å²) in [4.78, 5) is 11.4. The van der Waals surface area contributed by atoms with E-state index in [2.05, 4.69) is 38.2 Å². The zero-order valence-corrected chi connectivity index (χ0v) is 18.1. The van der Waals surface area contributed by atoms with Crippen LogP contribution in [0.3, 0.4) is 0 Å². The average Bonchev–Trinajstić information content (AvgIpc) is 2.66. The molecule has 0 aliphatic rings. The highest BCUT2D eigenvalue weighted by Gasteiger charge is 2.32. The van der Waals surface area contributed by atoms with Crippen LogP contribution in [-0.4, -0.2) is 16.6 Å². The van der Waals surface area contributed by atoms with Crippen molar-refractivity contribution in [3.63, 3.8) is 0 Å². The third kappa shape index (κ3) is 15.6. The molecule has 1 atom stereocenters. The molecule has 0 aliphatic carbocycles. The predicted molar refractivity (Wildman–Crippen MR) is 118 cm³/mol. The Morgan fingerprint density at radius 3 is 1.78 bits per heavy atom. The molecule has 158 valence electrons. The first kappa shape index (κ1) is 25.9. The fraction of sp³-hybridized carbons (Fsp3) is 0.792. The summed E-state index contributed by atoms with van der Waals surface area (Å²) in [6, 6.07) is 0. The van der Waals surface area contributed by atoms with Gasteiger partial charge in [0.25, 0.3) is 0 Å². The number of carboxylic acid groups (broad SMARTS) is 1. The molecule has 0 fully saturated rings. The fourth-order valence-corrected chi connectivity index (χ4v) is 3.26. The molecule has 0 rings (SSSR count). The molecule has 3 N–H and O–H groups in total. The molecule has 0 aliphatic heterocycles. The van der Waals surface area contributed by atoms with E-state index in [1.807, 2.05) is 0 Å². The number of carbonyl (C=O) groups is 1. The smallest absolute Gasteiger partial charge is 0.323 e. The van der Waals surface area contributed by atoms with Crippen molar-refractivity contribution in [3.05, 3.63) is 24.3 Å². The number of rotatable bonds is 19. The van der Waals surface area contributed by atoms with E-state index < -0.39 is 11.5 Å². The van der Waals surface area contributed by atoms with Gasteiger partial charge in [-0.15, -0.1) is 0 Å². The Labute approximate surface area is 168 Å². The van der Waals surface area contributed by atoms with Crippen LogP contribution in [0.1, 0.15) is 117 Å². The van der Waals surface area contributed by atoms with Crippen molar-refractivity contribution < 1.29 is 9.90 Å². The summed E-state index contributed by atoms with van der Waals surface area (Å²) in [6.07, 6.45) is 26.6. The molecular weight excluding hydrogens is 334 g/mol. The third-order valence-corrected chi connectivity index (χ3v) is 5.23. The van der Waals surface area contributed by atoms with Crippen molar-refractivity contribution in [3.8, 4) is 0 Å². The molecule has 0 aromatic carbocycles. The van der Waals surface area contributed by atoms with Crippen LogP contribution in [-0.2, 0) is 4.79 Å². The number of aliphatic carboxylic acids is 1. The minimum atomic E-state index is -1.01. The van der Waals surface area contributed by atoms with Crippen LogP contribution in [0.25, 0.3) is 0 Å². The average molecular weight is 380 g/mol. The van der Waals surface area contributed by atoms with Gasteiger partial charge in [0.05, 0.1) is 0 Å². The van der Waals surface area contributed by atoms with Crippen molar-refractivity contribution in [1.82, 2.24) is 0 Å². The molecule has 0 saturated carbocycles. The molecule has 3 heteroatoms. The third-order valence-electron chi connectivity index (χ3n) is 5.23. The van der Waals surface area contributed by atoms with Crippen molar-refractivity contribution in [1.29, 1.82) is 0 Å². The monoisotopic (exact) mass is 379 g/mol. The number of hydrogen-bond acceptors (Lipinski definition) is 2. The van der Waals surface area contributed by atoms with Crippen LogP contribution in [0, 0.1) is 0 Å². The van der Waals surface area contributed by atoms with E-state index in [4.69, 9.17) is 5.73 Å². The molecule has 0 radical (unpaired) electrons. The number of nitrogens with two attached hydrogens (primary N) is 1. The van der Waals surface area contributed by atoms with Crippen molar-refractivity contribution in [2.24, 2.45) is 5.73 Å². The second-order valence-electron chi connectivity index (χ2n) is 7.90. The summed E-state index contributed by atoms with van der Waals surface area (Å²) in [6.45, 7) is 4.31. The van der Waals surface area contributed by atoms with Crippen LogP contribution >= 0.6 is 0 Å². The summed E-state index contributed by atoms with van der Waals surface area (Å²) >= 11 is 0. The first-order valence-electron chi connectivity index (χ1n) is 11.4. The Bertz CT molecular complexity index is 403. The van der Waals surface area contributed by atoms with Crippen LogP contribution < -0.4 is 5.73 Å². The quantitative estimate of drug-likeness (QED) is 0.185. The van der Waals surface area contributed by atoms with Gasteiger partial charge in [-0.2, -0.15) is 0 Å². The highest BCUT2D eigenvalue weighted by atomic mass is 16.4. The van der Waals surface area contributed by atoms with E-state index in [-0.39, 0.29) is 0 Å². The van der Waals surface area contributed by atoms with Gasteiger partial charge in [-0.1, -0.05) is 95.9 Å². The van der Waals surface area contributed by atoms with Crippen LogP contribution in [0.5, 0.6) is 0 Å². The van der Waals surface area contributed by atoms with Gasteiger partial charge in [-0.25, -0.2) is 0 Å². The normalized spacial score (nSPS) is 14.2. The molecule has 0 amide bonds. The van der Waals surface area contributed by atoms with Gasteiger partial charge in [0.15, 0.2) is 0 Å². The number of unbranched alkanes of at least 4 members (excludes halogenated alkanes) is 10. The van der Waals surface area contributed by atoms with Gasteiger partial charge in [-0.3, -0.25) is 4.79 Å². The van der Waals surface area contributed by atoms with Gasteiger partial charge >= 0.3 is 5.97 Å². The first-order chi connectivity index (χ1) is 13.1. The summed E-state index contributed by atoms with van der Waals surface area (Å²) < 4.78 is 0. The summed E-state index contributed by atoms with van der Waals surface area (Å²) in [7, 11) is 0. The number of hydrogen-bond donors (Lipinski definition) is 2. The van der Waals surface area contributed by atoms with E-state index in [1.165, 1.54) is 57.8 Å². The highest BCUT2D eigenvalue weighted by molar-refractivity contribution is 5.78. The second-order valence-corrected chi connectivity index (χ2v) is 7.90. The van der Waals surface area contributed by atoms with Crippen molar-refractivity contribution in [2.75, 3.05) is 0 Å². The maximum atomic E-state index is 11.4. The van der Waals surface area contributed by atoms with Crippen molar-refractivity contribution in [2.45, 2.75) is 122 Å². The van der Waals surface area contributed by atoms with Gasteiger partial charge in [0.2, 0.25) is 0 Å². The SMILES string of the molecule is CCCCC/C=C\C/C=C\CCCCCCCCC(N)(CCCC)C(=O)O. The van der Waals surface area contributed by atoms with Gasteiger partial charge in [-0.05, 0) is 44.9 Å². The molecule has 0 heterocycles. The predicted octanol–water partition coefficient (Wildman–Crippen LogP) is 7.16. The lowest BCUT2D eigenvalue weighted by Gasteiger charge is -2.24. The van der Waals surface area contributed by atoms with Gasteiger partial charge in [0.1, 0.15) is 5.54 Å². The van der Waals surface area contributed by atoms with Crippen LogP contribution in [0.4, 0.5) is 0 Å². The largest absolute Gasteiger partial charge is 0.480 e. The van der Waals surface area contributed by atoms with E-state index in [0.29, 0.717) is 12.8 Å². The Balaban J connectivity index is 3.53. The zero-order valence-electron chi connectivity index (χ0n) is 18.1. The summed E-state index contributed by atoms with van der Waals surface area (Å²) in [5.74, 6) is -0.835. The number of allylic oxidation sites excluding steroid dienone is 4. The summed E-state index contributed by atoms with van der Waals surface area (Å²) in [5, 5.41) is 9.35. The minimum Gasteiger partial charge on any atom is -0.480 e. The maximum absolute atomic E-state index is 11.4. The minimum absolute atomic E-state index is 0.596. The standard InChI is InChI=1S/C24H45NO2/c1-3-5-7-8-9-10-11-12-13-14-15-16-17-18-19-20-22-24(25,23(26)27)21-6-4-2/h9-10,12-13H,3-8,11,14-22,25H2,1-2H3,(H,26,27)/b10-9-,13-12-. The summed E-state index contributed by atoms with van der Waals surface area (Å²) in [5.41, 5.74) is 5.07. The molecule has 0 spiro atoms. The van der Waals surface area contributed by atoms with Gasteiger partial charge in [0, 0.05) is 0 Å². The van der Waals surface area contributed by atoms with Gasteiger partial charge < -0.3 is 10.8 Å². The fourth-order valence-electron chi connectivity index (χ4n) is 3.26. The van der Waals surface area contributed by atoms with Crippen LogP contribution in [0.15, 0.2) is 24.3 Å². The lowest BCUT2D eigenvalue weighted by molar-refractivity contribution is -0.144. The first-order valence-corrected chi connectivity index (χ1v) is 11.4. The molecule has 0 saturated heterocycles. The molecular formula is C24H45NO2. The molecule has 0 aromatic heterocycles. The van der Waals surface area contributed by atoms with E-state index in [0.717, 1.165) is 32.1 Å². The molecule has 0 aromatic rings. The zero-order chi connectivity index (χ0) is 20.2.